The number of hydrogen-bond acceptors (Lipinski definition) is 3. The summed E-state index contributed by atoms with van der Waals surface area (Å²) in [6, 6.07) is 2.01. The summed E-state index contributed by atoms with van der Waals surface area (Å²) >= 11 is 0. The van der Waals surface area contributed by atoms with E-state index in [1.807, 2.05) is 0 Å². The monoisotopic (exact) mass is 302 g/mol. The van der Waals surface area contributed by atoms with Gasteiger partial charge in [0, 0.05) is 13.1 Å². The van der Waals surface area contributed by atoms with Crippen LogP contribution in [0.5, 0.6) is 0 Å². The third-order valence-corrected chi connectivity index (χ3v) is 4.71. The number of benzene rings is 1. The highest BCUT2D eigenvalue weighted by molar-refractivity contribution is 7.90. The van der Waals surface area contributed by atoms with E-state index >= 15 is 0 Å². The molecule has 1 fully saturated rings. The Balaban J connectivity index is 2.30. The van der Waals surface area contributed by atoms with Gasteiger partial charge in [0.2, 0.25) is 0 Å². The molecule has 1 aromatic carbocycles. The normalized spacial score (nSPS) is 16.3. The quantitative estimate of drug-likeness (QED) is 0.884. The second-order valence-corrected chi connectivity index (χ2v) is 6.34. The Bertz CT molecular complexity index is 639. The van der Waals surface area contributed by atoms with Crippen molar-refractivity contribution in [3.63, 3.8) is 0 Å². The molecule has 2 N–H and O–H groups in total. The maximum Gasteiger partial charge on any atom is 0.338 e. The molecule has 0 atom stereocenters. The molecular formula is C12H15FN2O4S. The molecular weight excluding hydrogens is 287 g/mol. The van der Waals surface area contributed by atoms with Crippen LogP contribution in [0.2, 0.25) is 0 Å². The first-order chi connectivity index (χ1) is 9.31. The van der Waals surface area contributed by atoms with Gasteiger partial charge >= 0.3 is 16.2 Å². The number of nitrogens with zero attached hydrogens (tertiary/aromatic N) is 1. The van der Waals surface area contributed by atoms with Gasteiger partial charge in [0.25, 0.3) is 0 Å². The minimum absolute atomic E-state index is 0.0550. The molecule has 1 aliphatic heterocycles. The topological polar surface area (TPSA) is 86.7 Å². The first kappa shape index (κ1) is 14.7. The highest BCUT2D eigenvalue weighted by Gasteiger charge is 2.26. The molecule has 0 amide bonds. The van der Waals surface area contributed by atoms with Gasteiger partial charge in [0.1, 0.15) is 5.82 Å². The molecule has 0 bridgehead atoms. The highest BCUT2D eigenvalue weighted by atomic mass is 32.2. The molecule has 1 heterocycles. The molecule has 0 saturated carbocycles. The second kappa shape index (κ2) is 5.37. The Labute approximate surface area is 116 Å². The van der Waals surface area contributed by atoms with E-state index < -0.39 is 27.6 Å². The van der Waals surface area contributed by atoms with Crippen molar-refractivity contribution in [3.05, 3.63) is 29.1 Å². The minimum atomic E-state index is -3.72. The van der Waals surface area contributed by atoms with Crippen LogP contribution in [0.3, 0.4) is 0 Å². The number of nitrogens with one attached hydrogen (secondary N) is 1. The minimum Gasteiger partial charge on any atom is -0.478 e. The number of halogens is 1. The Hall–Kier alpha value is -1.67. The van der Waals surface area contributed by atoms with Gasteiger partial charge in [0.05, 0.1) is 11.3 Å². The fourth-order valence-corrected chi connectivity index (χ4v) is 3.45. The lowest BCUT2D eigenvalue weighted by Gasteiger charge is -2.18. The number of hydrogen-bond donors (Lipinski definition) is 2. The molecule has 6 nitrogen and oxygen atoms in total. The molecule has 8 heteroatoms. The Kier molecular flexibility index (Phi) is 3.96. The molecule has 0 spiro atoms. The van der Waals surface area contributed by atoms with Crippen molar-refractivity contribution in [1.29, 1.82) is 0 Å². The average molecular weight is 302 g/mol. The average Bonchev–Trinajstić information content (AvgIpc) is 2.87. The van der Waals surface area contributed by atoms with Crippen LogP contribution in [-0.4, -0.2) is 36.9 Å². The van der Waals surface area contributed by atoms with Crippen LogP contribution in [0, 0.1) is 12.7 Å². The van der Waals surface area contributed by atoms with Gasteiger partial charge in [0.15, 0.2) is 0 Å². The zero-order chi connectivity index (χ0) is 14.9. The summed E-state index contributed by atoms with van der Waals surface area (Å²) in [5, 5.41) is 8.80. The van der Waals surface area contributed by atoms with Crippen LogP contribution in [0.1, 0.15) is 28.8 Å². The smallest absolute Gasteiger partial charge is 0.338 e. The fraction of sp³-hybridized carbons (Fsp3) is 0.417. The Morgan fingerprint density at radius 2 is 1.95 bits per heavy atom. The lowest BCUT2D eigenvalue weighted by molar-refractivity contribution is 0.0692. The number of carbonyl (C=O) groups is 1. The van der Waals surface area contributed by atoms with Crippen LogP contribution in [0.15, 0.2) is 12.1 Å². The summed E-state index contributed by atoms with van der Waals surface area (Å²) in [7, 11) is -3.72. The summed E-state index contributed by atoms with van der Waals surface area (Å²) < 4.78 is 41.3. The molecule has 0 aromatic heterocycles. The first-order valence-electron chi connectivity index (χ1n) is 6.12. The number of aromatic carboxylic acids is 1. The molecule has 0 radical (unpaired) electrons. The second-order valence-electron chi connectivity index (χ2n) is 4.67. The van der Waals surface area contributed by atoms with Gasteiger partial charge in [-0.25, -0.2) is 9.18 Å². The summed E-state index contributed by atoms with van der Waals surface area (Å²) in [5.74, 6) is -2.36. The maximum absolute atomic E-state index is 13.6. The summed E-state index contributed by atoms with van der Waals surface area (Å²) in [6.45, 7) is 2.39. The van der Waals surface area contributed by atoms with E-state index in [2.05, 4.69) is 4.72 Å². The zero-order valence-corrected chi connectivity index (χ0v) is 11.7. The SMILES string of the molecule is Cc1cc(C(=O)O)c(F)cc1NS(=O)(=O)N1CCCC1. The number of aryl methyl sites for hydroxylation is 1. The van der Waals surface area contributed by atoms with E-state index in [1.165, 1.54) is 11.2 Å². The van der Waals surface area contributed by atoms with Crippen molar-refractivity contribution in [2.45, 2.75) is 19.8 Å². The molecule has 1 aromatic rings. The van der Waals surface area contributed by atoms with E-state index in [4.69, 9.17) is 5.11 Å². The van der Waals surface area contributed by atoms with E-state index in [-0.39, 0.29) is 5.69 Å². The summed E-state index contributed by atoms with van der Waals surface area (Å²) in [4.78, 5) is 10.8. The lowest BCUT2D eigenvalue weighted by Crippen LogP contribution is -2.33. The van der Waals surface area contributed by atoms with Gasteiger partial charge in [-0.15, -0.1) is 0 Å². The predicted molar refractivity (Wildman–Crippen MR) is 71.4 cm³/mol. The van der Waals surface area contributed by atoms with E-state index in [0.717, 1.165) is 25.0 Å². The van der Waals surface area contributed by atoms with Gasteiger partial charge in [-0.05, 0) is 37.5 Å². The van der Waals surface area contributed by atoms with Crippen molar-refractivity contribution in [1.82, 2.24) is 4.31 Å². The van der Waals surface area contributed by atoms with Crippen molar-refractivity contribution in [3.8, 4) is 0 Å². The van der Waals surface area contributed by atoms with Crippen LogP contribution in [0.25, 0.3) is 0 Å². The van der Waals surface area contributed by atoms with E-state index in [1.54, 1.807) is 0 Å². The first-order valence-corrected chi connectivity index (χ1v) is 7.56. The molecule has 0 aliphatic carbocycles. The highest BCUT2D eigenvalue weighted by Crippen LogP contribution is 2.23. The lowest BCUT2D eigenvalue weighted by atomic mass is 10.1. The van der Waals surface area contributed by atoms with E-state index in [9.17, 15) is 17.6 Å². The maximum atomic E-state index is 13.6. The Morgan fingerprint density at radius 3 is 2.50 bits per heavy atom. The van der Waals surface area contributed by atoms with Crippen molar-refractivity contribution < 1.29 is 22.7 Å². The molecule has 20 heavy (non-hydrogen) atoms. The van der Waals surface area contributed by atoms with Crippen molar-refractivity contribution in [2.75, 3.05) is 17.8 Å². The third kappa shape index (κ3) is 2.91. The molecule has 2 rings (SSSR count). The largest absolute Gasteiger partial charge is 0.478 e. The van der Waals surface area contributed by atoms with Gasteiger partial charge in [-0.1, -0.05) is 0 Å². The standard InChI is InChI=1S/C12H15FN2O4S/c1-8-6-9(12(16)17)10(13)7-11(8)14-20(18,19)15-4-2-3-5-15/h6-7,14H,2-5H2,1H3,(H,16,17). The number of carboxylic acid groups (broad SMARTS) is 1. The third-order valence-electron chi connectivity index (χ3n) is 3.19. The number of carboxylic acids is 1. The van der Waals surface area contributed by atoms with Gasteiger partial charge in [-0.3, -0.25) is 4.72 Å². The number of rotatable bonds is 4. The summed E-state index contributed by atoms with van der Waals surface area (Å²) in [6.07, 6.45) is 1.60. The van der Waals surface area contributed by atoms with Gasteiger partial charge < -0.3 is 5.11 Å². The number of anilines is 1. The molecule has 110 valence electrons. The zero-order valence-electron chi connectivity index (χ0n) is 10.9. The molecule has 1 aliphatic rings. The van der Waals surface area contributed by atoms with E-state index in [0.29, 0.717) is 18.7 Å². The van der Waals surface area contributed by atoms with Crippen molar-refractivity contribution >= 4 is 21.9 Å². The predicted octanol–water partition coefficient (Wildman–Crippen LogP) is 1.58. The van der Waals surface area contributed by atoms with Crippen LogP contribution in [-0.2, 0) is 10.2 Å². The van der Waals surface area contributed by atoms with Crippen molar-refractivity contribution in [2.24, 2.45) is 0 Å². The summed E-state index contributed by atoms with van der Waals surface area (Å²) in [5.41, 5.74) is -0.0717. The molecule has 0 unspecified atom stereocenters. The fourth-order valence-electron chi connectivity index (χ4n) is 2.09. The Morgan fingerprint density at radius 1 is 1.35 bits per heavy atom. The van der Waals surface area contributed by atoms with Gasteiger partial charge in [-0.2, -0.15) is 12.7 Å². The van der Waals surface area contributed by atoms with Crippen LogP contribution in [0.4, 0.5) is 10.1 Å². The van der Waals surface area contributed by atoms with Crippen LogP contribution < -0.4 is 4.72 Å². The molecule has 1 saturated heterocycles. The van der Waals surface area contributed by atoms with Crippen LogP contribution >= 0.6 is 0 Å².